The Labute approximate surface area is 154 Å². The maximum atomic E-state index is 12.5. The largest absolute Gasteiger partial charge is 0.364 e. The zero-order valence-corrected chi connectivity index (χ0v) is 15.5. The Morgan fingerprint density at radius 1 is 1.23 bits per heavy atom. The Balaban J connectivity index is 1.66. The molecular formula is C19H19N5OS. The highest BCUT2D eigenvalue weighted by molar-refractivity contribution is 7.17. The van der Waals surface area contributed by atoms with E-state index in [1.165, 1.54) is 22.6 Å². The van der Waals surface area contributed by atoms with Gasteiger partial charge in [0.1, 0.15) is 4.70 Å². The van der Waals surface area contributed by atoms with E-state index in [1.54, 1.807) is 11.6 Å². The van der Waals surface area contributed by atoms with E-state index in [4.69, 9.17) is 0 Å². The number of aryl methyl sites for hydroxylation is 1. The van der Waals surface area contributed by atoms with Crippen LogP contribution in [0, 0.1) is 0 Å². The summed E-state index contributed by atoms with van der Waals surface area (Å²) in [5, 5.41) is 10.7. The standard InChI is InChI=1S/C19H19N5OS/c1-12-7-9-23(14-6-4-3-5-13(12)14)11-16-20-21-19-22(2)18(25)17-15(24(16)19)8-10-26-17/h3-6,8,10,12H,7,9,11H2,1-2H3/t12-/m0/s1. The van der Waals surface area contributed by atoms with E-state index < -0.39 is 0 Å². The SMILES string of the molecule is C[C@H]1CCN(Cc2nnc3n(C)c(=O)c4sccc4n23)c2ccccc21. The number of rotatable bonds is 2. The Kier molecular flexibility index (Phi) is 3.40. The van der Waals surface area contributed by atoms with Crippen molar-refractivity contribution in [2.75, 3.05) is 11.4 Å². The number of nitrogens with zero attached hydrogens (tertiary/aromatic N) is 5. The van der Waals surface area contributed by atoms with Gasteiger partial charge >= 0.3 is 0 Å². The average Bonchev–Trinajstić information content (AvgIpc) is 3.29. The molecular weight excluding hydrogens is 346 g/mol. The van der Waals surface area contributed by atoms with Crippen LogP contribution < -0.4 is 10.5 Å². The molecule has 4 heterocycles. The van der Waals surface area contributed by atoms with Gasteiger partial charge < -0.3 is 4.90 Å². The zero-order valence-electron chi connectivity index (χ0n) is 14.7. The summed E-state index contributed by atoms with van der Waals surface area (Å²) in [5.74, 6) is 2.03. The second-order valence-electron chi connectivity index (χ2n) is 6.92. The van der Waals surface area contributed by atoms with Gasteiger partial charge in [0.2, 0.25) is 5.78 Å². The molecule has 26 heavy (non-hydrogen) atoms. The number of benzene rings is 1. The number of aromatic nitrogens is 4. The Morgan fingerprint density at radius 2 is 2.08 bits per heavy atom. The van der Waals surface area contributed by atoms with Gasteiger partial charge in [-0.05, 0) is 35.4 Å². The summed E-state index contributed by atoms with van der Waals surface area (Å²) in [7, 11) is 1.76. The fourth-order valence-corrected chi connectivity index (χ4v) is 4.76. The summed E-state index contributed by atoms with van der Waals surface area (Å²) in [6.45, 7) is 3.95. The van der Waals surface area contributed by atoms with Gasteiger partial charge in [0, 0.05) is 19.3 Å². The highest BCUT2D eigenvalue weighted by Crippen LogP contribution is 2.35. The fourth-order valence-electron chi connectivity index (χ4n) is 3.91. The van der Waals surface area contributed by atoms with Crippen molar-refractivity contribution in [1.82, 2.24) is 19.2 Å². The van der Waals surface area contributed by atoms with E-state index >= 15 is 0 Å². The van der Waals surface area contributed by atoms with Crippen LogP contribution in [-0.4, -0.2) is 25.7 Å². The van der Waals surface area contributed by atoms with Gasteiger partial charge in [-0.3, -0.25) is 13.8 Å². The predicted octanol–water partition coefficient (Wildman–Crippen LogP) is 3.16. The molecule has 0 radical (unpaired) electrons. The molecule has 1 aliphatic heterocycles. The van der Waals surface area contributed by atoms with Gasteiger partial charge in [-0.25, -0.2) is 0 Å². The third-order valence-electron chi connectivity index (χ3n) is 5.37. The van der Waals surface area contributed by atoms with Gasteiger partial charge in [0.15, 0.2) is 5.82 Å². The van der Waals surface area contributed by atoms with Crippen LogP contribution >= 0.6 is 11.3 Å². The van der Waals surface area contributed by atoms with Gasteiger partial charge in [-0.15, -0.1) is 21.5 Å². The van der Waals surface area contributed by atoms with Gasteiger partial charge in [0.05, 0.1) is 12.1 Å². The number of para-hydroxylation sites is 1. The fraction of sp³-hybridized carbons (Fsp3) is 0.316. The summed E-state index contributed by atoms with van der Waals surface area (Å²) >= 11 is 1.47. The molecule has 1 aliphatic rings. The topological polar surface area (TPSA) is 55.4 Å². The van der Waals surface area contributed by atoms with Crippen molar-refractivity contribution in [2.45, 2.75) is 25.8 Å². The molecule has 0 amide bonds. The van der Waals surface area contributed by atoms with E-state index in [0.717, 1.165) is 29.0 Å². The first kappa shape index (κ1) is 15.6. The first-order valence-electron chi connectivity index (χ1n) is 8.79. The molecule has 7 heteroatoms. The molecule has 0 aliphatic carbocycles. The van der Waals surface area contributed by atoms with Crippen molar-refractivity contribution in [3.63, 3.8) is 0 Å². The van der Waals surface area contributed by atoms with Gasteiger partial charge in [-0.1, -0.05) is 25.1 Å². The van der Waals surface area contributed by atoms with Crippen LogP contribution in [0.25, 0.3) is 16.0 Å². The summed E-state index contributed by atoms with van der Waals surface area (Å²) in [6, 6.07) is 10.6. The minimum absolute atomic E-state index is 0.0152. The quantitative estimate of drug-likeness (QED) is 0.548. The van der Waals surface area contributed by atoms with Crippen LogP contribution in [-0.2, 0) is 13.6 Å². The van der Waals surface area contributed by atoms with Crippen molar-refractivity contribution in [3.05, 3.63) is 57.5 Å². The molecule has 5 rings (SSSR count). The molecule has 0 saturated heterocycles. The summed E-state index contributed by atoms with van der Waals surface area (Å²) in [6.07, 6.45) is 1.13. The average molecular weight is 365 g/mol. The minimum atomic E-state index is -0.0152. The lowest BCUT2D eigenvalue weighted by atomic mass is 9.91. The Bertz CT molecular complexity index is 1190. The van der Waals surface area contributed by atoms with E-state index in [2.05, 4.69) is 46.3 Å². The lowest BCUT2D eigenvalue weighted by Crippen LogP contribution is -2.31. The Morgan fingerprint density at radius 3 is 2.96 bits per heavy atom. The van der Waals surface area contributed by atoms with Crippen LogP contribution in [0.3, 0.4) is 0 Å². The van der Waals surface area contributed by atoms with Crippen LogP contribution in [0.5, 0.6) is 0 Å². The van der Waals surface area contributed by atoms with Crippen LogP contribution in [0.1, 0.15) is 30.7 Å². The molecule has 0 spiro atoms. The van der Waals surface area contributed by atoms with Gasteiger partial charge in [0.25, 0.3) is 5.56 Å². The van der Waals surface area contributed by atoms with Crippen molar-refractivity contribution < 1.29 is 0 Å². The first-order valence-corrected chi connectivity index (χ1v) is 9.67. The number of thiophene rings is 1. The molecule has 1 aromatic carbocycles. The van der Waals surface area contributed by atoms with Crippen LogP contribution in [0.2, 0.25) is 0 Å². The van der Waals surface area contributed by atoms with E-state index in [-0.39, 0.29) is 5.56 Å². The Hall–Kier alpha value is -2.67. The van der Waals surface area contributed by atoms with Gasteiger partial charge in [-0.2, -0.15) is 0 Å². The van der Waals surface area contributed by atoms with Crippen LogP contribution in [0.4, 0.5) is 5.69 Å². The number of hydrogen-bond acceptors (Lipinski definition) is 5. The number of fused-ring (bicyclic) bond motifs is 4. The molecule has 3 aromatic heterocycles. The third kappa shape index (κ3) is 2.13. The smallest absolute Gasteiger partial charge is 0.272 e. The monoisotopic (exact) mass is 365 g/mol. The molecule has 6 nitrogen and oxygen atoms in total. The summed E-state index contributed by atoms with van der Waals surface area (Å²) < 4.78 is 4.35. The van der Waals surface area contributed by atoms with E-state index in [9.17, 15) is 4.79 Å². The van der Waals surface area contributed by atoms with Crippen molar-refractivity contribution in [2.24, 2.45) is 7.05 Å². The molecule has 0 N–H and O–H groups in total. The van der Waals surface area contributed by atoms with Crippen molar-refractivity contribution in [1.29, 1.82) is 0 Å². The minimum Gasteiger partial charge on any atom is -0.364 e. The lowest BCUT2D eigenvalue weighted by molar-refractivity contribution is 0.600. The molecule has 0 bridgehead atoms. The number of anilines is 1. The molecule has 4 aromatic rings. The molecule has 1 atom stereocenters. The maximum Gasteiger partial charge on any atom is 0.272 e. The summed E-state index contributed by atoms with van der Waals surface area (Å²) in [4.78, 5) is 14.9. The zero-order chi connectivity index (χ0) is 17.8. The highest BCUT2D eigenvalue weighted by Gasteiger charge is 2.24. The van der Waals surface area contributed by atoms with Crippen molar-refractivity contribution >= 4 is 33.0 Å². The molecule has 0 fully saturated rings. The maximum absolute atomic E-state index is 12.5. The van der Waals surface area contributed by atoms with E-state index in [0.29, 0.717) is 18.2 Å². The first-order chi connectivity index (χ1) is 12.6. The normalized spacial score (nSPS) is 17.2. The second-order valence-corrected chi connectivity index (χ2v) is 7.84. The molecule has 0 unspecified atom stereocenters. The third-order valence-corrected chi connectivity index (χ3v) is 6.26. The predicted molar refractivity (Wildman–Crippen MR) is 104 cm³/mol. The summed E-state index contributed by atoms with van der Waals surface area (Å²) in [5.41, 5.74) is 3.54. The number of hydrogen-bond donors (Lipinski definition) is 0. The second kappa shape index (κ2) is 5.67. The van der Waals surface area contributed by atoms with E-state index in [1.807, 2.05) is 15.8 Å². The highest BCUT2D eigenvalue weighted by atomic mass is 32.1. The van der Waals surface area contributed by atoms with Crippen molar-refractivity contribution in [3.8, 4) is 0 Å². The molecule has 0 saturated carbocycles. The van der Waals surface area contributed by atoms with Crippen LogP contribution in [0.15, 0.2) is 40.5 Å². The lowest BCUT2D eigenvalue weighted by Gasteiger charge is -2.34. The molecule has 132 valence electrons.